The molecule has 2 aliphatic rings. The lowest BCUT2D eigenvalue weighted by Gasteiger charge is -2.33. The number of hydrogen-bond donors (Lipinski definition) is 1. The van der Waals surface area contributed by atoms with Crippen molar-refractivity contribution in [3.63, 3.8) is 0 Å². The minimum Gasteiger partial charge on any atom is -0.469 e. The Morgan fingerprint density at radius 3 is 2.90 bits per heavy atom. The number of aliphatic hydroxyl groups is 1. The van der Waals surface area contributed by atoms with E-state index in [0.717, 1.165) is 12.8 Å². The first-order valence-electron chi connectivity index (χ1n) is 7.51. The van der Waals surface area contributed by atoms with Gasteiger partial charge in [-0.2, -0.15) is 11.8 Å². The summed E-state index contributed by atoms with van der Waals surface area (Å²) in [6, 6.07) is 0. The van der Waals surface area contributed by atoms with Crippen molar-refractivity contribution < 1.29 is 24.2 Å². The molecule has 1 N–H and O–H groups in total. The molecule has 0 aromatic carbocycles. The van der Waals surface area contributed by atoms with Crippen molar-refractivity contribution in [3.05, 3.63) is 0 Å². The van der Waals surface area contributed by atoms with E-state index in [2.05, 4.69) is 4.74 Å². The van der Waals surface area contributed by atoms with E-state index >= 15 is 0 Å². The predicted molar refractivity (Wildman–Crippen MR) is 79.9 cm³/mol. The van der Waals surface area contributed by atoms with Crippen molar-refractivity contribution in [1.82, 2.24) is 0 Å². The van der Waals surface area contributed by atoms with E-state index in [4.69, 9.17) is 4.74 Å². The van der Waals surface area contributed by atoms with Gasteiger partial charge in [-0.15, -0.1) is 0 Å². The summed E-state index contributed by atoms with van der Waals surface area (Å²) in [5, 5.41) is 10.8. The predicted octanol–water partition coefficient (Wildman–Crippen LogP) is 1.76. The van der Waals surface area contributed by atoms with Crippen LogP contribution in [0.4, 0.5) is 0 Å². The van der Waals surface area contributed by atoms with Gasteiger partial charge in [-0.05, 0) is 25.2 Å². The fraction of sp³-hybridized carbons (Fsp3) is 0.867. The summed E-state index contributed by atoms with van der Waals surface area (Å²) in [6.45, 7) is 4.07. The topological polar surface area (TPSA) is 72.8 Å². The van der Waals surface area contributed by atoms with Gasteiger partial charge in [0.25, 0.3) is 0 Å². The van der Waals surface area contributed by atoms with Crippen LogP contribution >= 0.6 is 11.8 Å². The lowest BCUT2D eigenvalue weighted by molar-refractivity contribution is -0.144. The standard InChI is InChI=1S/C15H24O5S/c1-9(2)13(21-8-6-11(16)19-3)12-14(17)20-10-5-4-7-15(10,12)18/h9-10,12-13,18H,4-8H2,1-3H3. The maximum atomic E-state index is 12.2. The molecule has 4 atom stereocenters. The molecule has 5 nitrogen and oxygen atoms in total. The zero-order valence-electron chi connectivity index (χ0n) is 12.8. The summed E-state index contributed by atoms with van der Waals surface area (Å²) in [5.74, 6) is -0.232. The fourth-order valence-corrected chi connectivity index (χ4v) is 4.87. The van der Waals surface area contributed by atoms with Gasteiger partial charge in [0.15, 0.2) is 0 Å². The van der Waals surface area contributed by atoms with Gasteiger partial charge in [-0.25, -0.2) is 0 Å². The molecule has 1 heterocycles. The zero-order valence-corrected chi connectivity index (χ0v) is 13.6. The highest BCUT2D eigenvalue weighted by Crippen LogP contribution is 2.49. The average Bonchev–Trinajstić information content (AvgIpc) is 2.88. The van der Waals surface area contributed by atoms with Gasteiger partial charge >= 0.3 is 11.9 Å². The molecule has 21 heavy (non-hydrogen) atoms. The molecule has 6 heteroatoms. The number of hydrogen-bond acceptors (Lipinski definition) is 6. The van der Waals surface area contributed by atoms with Gasteiger partial charge in [0, 0.05) is 11.0 Å². The number of thioether (sulfide) groups is 1. The second kappa shape index (κ2) is 6.57. The first-order valence-corrected chi connectivity index (χ1v) is 8.56. The van der Waals surface area contributed by atoms with Crippen LogP contribution in [0.5, 0.6) is 0 Å². The molecule has 1 aliphatic carbocycles. The molecular weight excluding hydrogens is 292 g/mol. The number of carbonyl (C=O) groups is 2. The van der Waals surface area contributed by atoms with Gasteiger partial charge in [-0.1, -0.05) is 13.8 Å². The molecule has 0 amide bonds. The molecule has 1 aliphatic heterocycles. The van der Waals surface area contributed by atoms with Crippen LogP contribution in [0.25, 0.3) is 0 Å². The van der Waals surface area contributed by atoms with E-state index in [1.165, 1.54) is 7.11 Å². The van der Waals surface area contributed by atoms with E-state index in [-0.39, 0.29) is 29.2 Å². The highest BCUT2D eigenvalue weighted by Gasteiger charge is 2.61. The van der Waals surface area contributed by atoms with Crippen LogP contribution in [0.1, 0.15) is 39.5 Å². The number of methoxy groups -OCH3 is 1. The quantitative estimate of drug-likeness (QED) is 0.753. The minimum atomic E-state index is -1.02. The molecule has 2 rings (SSSR count). The summed E-state index contributed by atoms with van der Waals surface area (Å²) in [4.78, 5) is 23.4. The molecule has 0 spiro atoms. The lowest BCUT2D eigenvalue weighted by atomic mass is 9.81. The van der Waals surface area contributed by atoms with Crippen molar-refractivity contribution in [1.29, 1.82) is 0 Å². The monoisotopic (exact) mass is 316 g/mol. The van der Waals surface area contributed by atoms with E-state index < -0.39 is 11.5 Å². The third-order valence-electron chi connectivity index (χ3n) is 4.48. The highest BCUT2D eigenvalue weighted by molar-refractivity contribution is 8.00. The second-order valence-electron chi connectivity index (χ2n) is 6.19. The van der Waals surface area contributed by atoms with E-state index in [1.807, 2.05) is 13.8 Å². The molecular formula is C15H24O5S. The van der Waals surface area contributed by atoms with Crippen molar-refractivity contribution in [2.45, 2.75) is 56.5 Å². The van der Waals surface area contributed by atoms with E-state index in [1.54, 1.807) is 11.8 Å². The maximum absolute atomic E-state index is 12.2. The number of rotatable bonds is 6. The van der Waals surface area contributed by atoms with Crippen molar-refractivity contribution >= 4 is 23.7 Å². The molecule has 0 aromatic rings. The van der Waals surface area contributed by atoms with Crippen LogP contribution in [0, 0.1) is 11.8 Å². The molecule has 1 saturated heterocycles. The summed E-state index contributed by atoms with van der Waals surface area (Å²) in [5.41, 5.74) is -1.02. The number of esters is 2. The van der Waals surface area contributed by atoms with Gasteiger partial charge in [-0.3, -0.25) is 9.59 Å². The van der Waals surface area contributed by atoms with Crippen LogP contribution in [0.15, 0.2) is 0 Å². The SMILES string of the molecule is COC(=O)CCSC(C(C)C)C1C(=O)OC2CCCC21O. The van der Waals surface area contributed by atoms with Crippen LogP contribution in [-0.2, 0) is 19.1 Å². The first-order chi connectivity index (χ1) is 9.90. The fourth-order valence-electron chi connectivity index (χ4n) is 3.39. The molecule has 4 unspecified atom stereocenters. The van der Waals surface area contributed by atoms with Gasteiger partial charge in [0.1, 0.15) is 17.6 Å². The van der Waals surface area contributed by atoms with Gasteiger partial charge in [0.2, 0.25) is 0 Å². The molecule has 0 aromatic heterocycles. The summed E-state index contributed by atoms with van der Waals surface area (Å²) in [6.07, 6.45) is 2.22. The third kappa shape index (κ3) is 3.21. The lowest BCUT2D eigenvalue weighted by Crippen LogP contribution is -2.46. The average molecular weight is 316 g/mol. The smallest absolute Gasteiger partial charge is 0.313 e. The molecule has 2 fully saturated rings. The Hall–Kier alpha value is -0.750. The van der Waals surface area contributed by atoms with Crippen molar-refractivity contribution in [3.8, 4) is 0 Å². The third-order valence-corrected chi connectivity index (χ3v) is 6.12. The Morgan fingerprint density at radius 1 is 1.57 bits per heavy atom. The Bertz CT molecular complexity index is 411. The summed E-state index contributed by atoms with van der Waals surface area (Å²) in [7, 11) is 1.37. The summed E-state index contributed by atoms with van der Waals surface area (Å²) >= 11 is 1.56. The molecule has 0 radical (unpaired) electrons. The number of ether oxygens (including phenoxy) is 2. The first kappa shape index (κ1) is 16.6. The minimum absolute atomic E-state index is 0.0461. The molecule has 120 valence electrons. The summed E-state index contributed by atoms with van der Waals surface area (Å²) < 4.78 is 10.0. The normalized spacial score (nSPS) is 32.9. The van der Waals surface area contributed by atoms with E-state index in [0.29, 0.717) is 18.6 Å². The Balaban J connectivity index is 2.06. The molecule has 1 saturated carbocycles. The number of carbonyl (C=O) groups excluding carboxylic acids is 2. The number of fused-ring (bicyclic) bond motifs is 1. The van der Waals surface area contributed by atoms with Gasteiger partial charge in [0.05, 0.1) is 13.5 Å². The van der Waals surface area contributed by atoms with Gasteiger partial charge < -0.3 is 14.6 Å². The molecule has 0 bridgehead atoms. The van der Waals surface area contributed by atoms with Crippen molar-refractivity contribution in [2.75, 3.05) is 12.9 Å². The maximum Gasteiger partial charge on any atom is 0.313 e. The van der Waals surface area contributed by atoms with Crippen LogP contribution in [0.3, 0.4) is 0 Å². The van der Waals surface area contributed by atoms with Crippen LogP contribution in [-0.4, -0.2) is 46.9 Å². The second-order valence-corrected chi connectivity index (χ2v) is 7.48. The van der Waals surface area contributed by atoms with Crippen LogP contribution < -0.4 is 0 Å². The highest BCUT2D eigenvalue weighted by atomic mass is 32.2. The largest absolute Gasteiger partial charge is 0.469 e. The zero-order chi connectivity index (χ0) is 15.6. The van der Waals surface area contributed by atoms with Crippen LogP contribution in [0.2, 0.25) is 0 Å². The Kier molecular flexibility index (Phi) is 5.20. The Morgan fingerprint density at radius 2 is 2.29 bits per heavy atom. The van der Waals surface area contributed by atoms with E-state index in [9.17, 15) is 14.7 Å². The Labute approximate surface area is 129 Å². The van der Waals surface area contributed by atoms with Crippen molar-refractivity contribution in [2.24, 2.45) is 11.8 Å².